The summed E-state index contributed by atoms with van der Waals surface area (Å²) in [7, 11) is 0. The van der Waals surface area contributed by atoms with Gasteiger partial charge in [-0.25, -0.2) is 4.98 Å². The Morgan fingerprint density at radius 2 is 2.38 bits per heavy atom. The van der Waals surface area contributed by atoms with Crippen LogP contribution in [0.4, 0.5) is 5.82 Å². The van der Waals surface area contributed by atoms with E-state index >= 15 is 0 Å². The SMILES string of the molecule is NC(=O)c1cccnc1N(CCO)C1CC1. The number of aliphatic hydroxyl groups is 1. The number of aromatic nitrogens is 1. The van der Waals surface area contributed by atoms with Crippen molar-refractivity contribution in [1.29, 1.82) is 0 Å². The number of carbonyl (C=O) groups is 1. The molecule has 0 spiro atoms. The van der Waals surface area contributed by atoms with Gasteiger partial charge in [0.05, 0.1) is 12.2 Å². The molecule has 16 heavy (non-hydrogen) atoms. The predicted octanol–water partition coefficient (Wildman–Crippen LogP) is 0.142. The van der Waals surface area contributed by atoms with Gasteiger partial charge in [-0.05, 0) is 25.0 Å². The molecule has 5 heteroatoms. The van der Waals surface area contributed by atoms with Crippen LogP contribution in [-0.4, -0.2) is 35.2 Å². The summed E-state index contributed by atoms with van der Waals surface area (Å²) in [6, 6.07) is 3.74. The number of rotatable bonds is 5. The summed E-state index contributed by atoms with van der Waals surface area (Å²) in [5, 5.41) is 9.02. The van der Waals surface area contributed by atoms with Crippen molar-refractivity contribution in [1.82, 2.24) is 4.98 Å². The average molecular weight is 221 g/mol. The third kappa shape index (κ3) is 2.14. The summed E-state index contributed by atoms with van der Waals surface area (Å²) >= 11 is 0. The van der Waals surface area contributed by atoms with Gasteiger partial charge in [0.25, 0.3) is 5.91 Å². The first-order valence-corrected chi connectivity index (χ1v) is 5.36. The molecule has 1 aliphatic carbocycles. The lowest BCUT2D eigenvalue weighted by atomic mass is 10.2. The molecule has 86 valence electrons. The second kappa shape index (κ2) is 4.49. The predicted molar refractivity (Wildman–Crippen MR) is 60.2 cm³/mol. The van der Waals surface area contributed by atoms with E-state index in [4.69, 9.17) is 10.8 Å². The number of pyridine rings is 1. The van der Waals surface area contributed by atoms with E-state index in [0.717, 1.165) is 12.8 Å². The second-order valence-electron chi connectivity index (χ2n) is 3.89. The zero-order valence-corrected chi connectivity index (χ0v) is 8.97. The smallest absolute Gasteiger partial charge is 0.252 e. The van der Waals surface area contributed by atoms with Crippen LogP contribution in [-0.2, 0) is 0 Å². The van der Waals surface area contributed by atoms with Gasteiger partial charge in [-0.2, -0.15) is 0 Å². The van der Waals surface area contributed by atoms with Gasteiger partial charge in [-0.15, -0.1) is 0 Å². The van der Waals surface area contributed by atoms with Crippen molar-refractivity contribution >= 4 is 11.7 Å². The van der Waals surface area contributed by atoms with Crippen molar-refractivity contribution in [2.45, 2.75) is 18.9 Å². The van der Waals surface area contributed by atoms with Crippen LogP contribution in [0.25, 0.3) is 0 Å². The van der Waals surface area contributed by atoms with E-state index in [1.807, 2.05) is 4.90 Å². The molecule has 0 atom stereocenters. The highest BCUT2D eigenvalue weighted by Gasteiger charge is 2.31. The Balaban J connectivity index is 2.32. The molecule has 5 nitrogen and oxygen atoms in total. The minimum absolute atomic E-state index is 0.0469. The van der Waals surface area contributed by atoms with E-state index in [1.165, 1.54) is 0 Å². The molecule has 0 radical (unpaired) electrons. The molecule has 1 heterocycles. The van der Waals surface area contributed by atoms with E-state index < -0.39 is 5.91 Å². The molecule has 0 unspecified atom stereocenters. The van der Waals surface area contributed by atoms with Crippen LogP contribution in [0.5, 0.6) is 0 Å². The Hall–Kier alpha value is -1.62. The summed E-state index contributed by atoms with van der Waals surface area (Å²) < 4.78 is 0. The van der Waals surface area contributed by atoms with Crippen LogP contribution >= 0.6 is 0 Å². The molecule has 0 saturated heterocycles. The normalized spacial score (nSPS) is 14.8. The molecule has 1 aromatic rings. The topological polar surface area (TPSA) is 79.5 Å². The number of aliphatic hydroxyl groups excluding tert-OH is 1. The van der Waals surface area contributed by atoms with E-state index in [9.17, 15) is 4.79 Å². The molecule has 1 aromatic heterocycles. The Kier molecular flexibility index (Phi) is 3.05. The Morgan fingerprint density at radius 3 is 2.94 bits per heavy atom. The monoisotopic (exact) mass is 221 g/mol. The third-order valence-corrected chi connectivity index (χ3v) is 2.65. The largest absolute Gasteiger partial charge is 0.395 e. The van der Waals surface area contributed by atoms with Gasteiger partial charge in [0.2, 0.25) is 0 Å². The average Bonchev–Trinajstić information content (AvgIpc) is 3.10. The molecular weight excluding hydrogens is 206 g/mol. The molecule has 1 fully saturated rings. The lowest BCUT2D eigenvalue weighted by molar-refractivity contribution is 0.100. The van der Waals surface area contributed by atoms with Crippen LogP contribution in [0.15, 0.2) is 18.3 Å². The molecule has 1 saturated carbocycles. The second-order valence-corrected chi connectivity index (χ2v) is 3.89. The van der Waals surface area contributed by atoms with Crippen LogP contribution in [0.3, 0.4) is 0 Å². The Bertz CT molecular complexity index is 391. The van der Waals surface area contributed by atoms with Crippen molar-refractivity contribution in [3.8, 4) is 0 Å². The summed E-state index contributed by atoms with van der Waals surface area (Å²) in [5.74, 6) is 0.109. The molecular formula is C11H15N3O2. The highest BCUT2D eigenvalue weighted by atomic mass is 16.3. The van der Waals surface area contributed by atoms with Crippen LogP contribution in [0.1, 0.15) is 23.2 Å². The van der Waals surface area contributed by atoms with E-state index in [1.54, 1.807) is 18.3 Å². The number of primary amides is 1. The number of amides is 1. The van der Waals surface area contributed by atoms with E-state index in [2.05, 4.69) is 4.98 Å². The number of carbonyl (C=O) groups excluding carboxylic acids is 1. The maximum Gasteiger partial charge on any atom is 0.252 e. The van der Waals surface area contributed by atoms with Crippen molar-refractivity contribution < 1.29 is 9.90 Å². The summed E-state index contributed by atoms with van der Waals surface area (Å²) in [4.78, 5) is 17.4. The summed E-state index contributed by atoms with van der Waals surface area (Å²) in [6.45, 7) is 0.535. The number of nitrogens with zero attached hydrogens (tertiary/aromatic N) is 2. The van der Waals surface area contributed by atoms with E-state index in [-0.39, 0.29) is 6.61 Å². The number of nitrogens with two attached hydrogens (primary N) is 1. The summed E-state index contributed by atoms with van der Waals surface area (Å²) in [6.07, 6.45) is 3.79. The Morgan fingerprint density at radius 1 is 1.62 bits per heavy atom. The van der Waals surface area contributed by atoms with Crippen LogP contribution in [0, 0.1) is 0 Å². The lowest BCUT2D eigenvalue weighted by Gasteiger charge is -2.23. The number of anilines is 1. The molecule has 0 aromatic carbocycles. The fraction of sp³-hybridized carbons (Fsp3) is 0.455. The fourth-order valence-corrected chi connectivity index (χ4v) is 1.77. The van der Waals surface area contributed by atoms with Gasteiger partial charge in [-0.3, -0.25) is 4.79 Å². The minimum atomic E-state index is -0.480. The molecule has 3 N–H and O–H groups in total. The van der Waals surface area contributed by atoms with E-state index in [0.29, 0.717) is 24.0 Å². The fourth-order valence-electron chi connectivity index (χ4n) is 1.77. The first-order chi connectivity index (χ1) is 7.74. The van der Waals surface area contributed by atoms with Gasteiger partial charge in [-0.1, -0.05) is 0 Å². The van der Waals surface area contributed by atoms with Gasteiger partial charge in [0.1, 0.15) is 5.82 Å². The number of hydrogen-bond donors (Lipinski definition) is 2. The summed E-state index contributed by atoms with van der Waals surface area (Å²) in [5.41, 5.74) is 5.72. The minimum Gasteiger partial charge on any atom is -0.395 e. The highest BCUT2D eigenvalue weighted by molar-refractivity contribution is 5.97. The van der Waals surface area contributed by atoms with Gasteiger partial charge in [0, 0.05) is 18.8 Å². The van der Waals surface area contributed by atoms with Crippen molar-refractivity contribution in [3.63, 3.8) is 0 Å². The van der Waals surface area contributed by atoms with Gasteiger partial charge in [0.15, 0.2) is 0 Å². The quantitative estimate of drug-likeness (QED) is 0.741. The van der Waals surface area contributed by atoms with Crippen LogP contribution < -0.4 is 10.6 Å². The molecule has 0 bridgehead atoms. The molecule has 0 aliphatic heterocycles. The third-order valence-electron chi connectivity index (χ3n) is 2.65. The maximum absolute atomic E-state index is 11.3. The zero-order valence-electron chi connectivity index (χ0n) is 8.97. The molecule has 1 aliphatic rings. The first-order valence-electron chi connectivity index (χ1n) is 5.36. The van der Waals surface area contributed by atoms with Crippen molar-refractivity contribution in [3.05, 3.63) is 23.9 Å². The van der Waals surface area contributed by atoms with Crippen LogP contribution in [0.2, 0.25) is 0 Å². The molecule has 1 amide bonds. The Labute approximate surface area is 93.9 Å². The molecule has 2 rings (SSSR count). The maximum atomic E-state index is 11.3. The van der Waals surface area contributed by atoms with Gasteiger partial charge >= 0.3 is 0 Å². The highest BCUT2D eigenvalue weighted by Crippen LogP contribution is 2.31. The van der Waals surface area contributed by atoms with Crippen molar-refractivity contribution in [2.24, 2.45) is 5.73 Å². The van der Waals surface area contributed by atoms with Crippen molar-refractivity contribution in [2.75, 3.05) is 18.1 Å². The first kappa shape index (κ1) is 10.9. The zero-order chi connectivity index (χ0) is 11.5. The van der Waals surface area contributed by atoms with Gasteiger partial charge < -0.3 is 15.7 Å². The number of hydrogen-bond acceptors (Lipinski definition) is 4. The lowest BCUT2D eigenvalue weighted by Crippen LogP contribution is -2.32. The standard InChI is InChI=1S/C11H15N3O2/c12-10(16)9-2-1-5-13-11(9)14(6-7-15)8-3-4-8/h1-2,5,8,15H,3-4,6-7H2,(H2,12,16).